The van der Waals surface area contributed by atoms with Crippen LogP contribution < -0.4 is 4.31 Å². The zero-order valence-electron chi connectivity index (χ0n) is 15.8. The van der Waals surface area contributed by atoms with Crippen LogP contribution in [0.3, 0.4) is 0 Å². The molecule has 0 aliphatic carbocycles. The number of anilines is 1. The third kappa shape index (κ3) is 3.33. The van der Waals surface area contributed by atoms with Crippen LogP contribution in [-0.4, -0.2) is 25.9 Å². The van der Waals surface area contributed by atoms with Crippen molar-refractivity contribution in [2.75, 3.05) is 10.9 Å². The molecule has 0 saturated heterocycles. The molecule has 0 amide bonds. The highest BCUT2D eigenvalue weighted by molar-refractivity contribution is 7.92. The van der Waals surface area contributed by atoms with E-state index in [1.807, 2.05) is 0 Å². The quantitative estimate of drug-likeness (QED) is 0.331. The van der Waals surface area contributed by atoms with Crippen LogP contribution in [0.25, 0.3) is 10.4 Å². The first-order valence-electron chi connectivity index (χ1n) is 8.99. The van der Waals surface area contributed by atoms with Gasteiger partial charge in [0.2, 0.25) is 0 Å². The molecule has 2 aromatic carbocycles. The van der Waals surface area contributed by atoms with E-state index in [1.54, 1.807) is 37.3 Å². The van der Waals surface area contributed by atoms with Crippen LogP contribution in [0.1, 0.15) is 22.2 Å². The molecule has 4 rings (SSSR count). The fourth-order valence-corrected chi connectivity index (χ4v) is 5.84. The third-order valence-corrected chi connectivity index (χ3v) is 7.62. The number of rotatable bonds is 5. The number of hydrogen-bond acceptors (Lipinski definition) is 7. The molecule has 3 aromatic rings. The number of carbonyl (C=O) groups excluding carboxylic acids is 1. The number of hydrogen-bond donors (Lipinski definition) is 0. The van der Waals surface area contributed by atoms with Gasteiger partial charge in [-0.15, -0.1) is 11.3 Å². The molecular weight excluding hydrogens is 428 g/mol. The zero-order chi connectivity index (χ0) is 21.5. The predicted molar refractivity (Wildman–Crippen MR) is 112 cm³/mol. The number of ether oxygens (including phenoxy) is 1. The van der Waals surface area contributed by atoms with Crippen LogP contribution in [0, 0.1) is 10.1 Å². The van der Waals surface area contributed by atoms with Crippen molar-refractivity contribution >= 4 is 38.7 Å². The highest BCUT2D eigenvalue weighted by Crippen LogP contribution is 2.45. The van der Waals surface area contributed by atoms with Gasteiger partial charge in [-0.1, -0.05) is 18.2 Å². The number of para-hydroxylation sites is 1. The van der Waals surface area contributed by atoms with Crippen molar-refractivity contribution in [2.45, 2.75) is 18.4 Å². The second-order valence-corrected chi connectivity index (χ2v) is 9.38. The van der Waals surface area contributed by atoms with Gasteiger partial charge in [0.15, 0.2) is 0 Å². The summed E-state index contributed by atoms with van der Waals surface area (Å²) in [5.41, 5.74) is 1.70. The Morgan fingerprint density at radius 1 is 1.20 bits per heavy atom. The van der Waals surface area contributed by atoms with Crippen molar-refractivity contribution in [3.05, 3.63) is 75.2 Å². The zero-order valence-corrected chi connectivity index (χ0v) is 17.4. The maximum Gasteiger partial charge on any atom is 0.348 e. The molecule has 1 aliphatic rings. The number of sulfonamides is 1. The SMILES string of the molecule is CCOC(=O)c1cc2c(s1)-c1ccccc1N(S(=O)(=O)c1ccc([N+](=O)[O-])cc1)C2. The number of fused-ring (bicyclic) bond motifs is 3. The van der Waals surface area contributed by atoms with Gasteiger partial charge in [-0.25, -0.2) is 13.2 Å². The number of thiophene rings is 1. The van der Waals surface area contributed by atoms with E-state index in [0.717, 1.165) is 17.0 Å². The van der Waals surface area contributed by atoms with Crippen molar-refractivity contribution in [2.24, 2.45) is 0 Å². The van der Waals surface area contributed by atoms with Crippen molar-refractivity contribution in [3.8, 4) is 10.4 Å². The van der Waals surface area contributed by atoms with Crippen LogP contribution >= 0.6 is 11.3 Å². The Kier molecular flexibility index (Phi) is 5.04. The molecule has 0 N–H and O–H groups in total. The van der Waals surface area contributed by atoms with E-state index in [9.17, 15) is 23.3 Å². The second kappa shape index (κ2) is 7.54. The highest BCUT2D eigenvalue weighted by atomic mass is 32.2. The lowest BCUT2D eigenvalue weighted by Crippen LogP contribution is -2.32. The smallest absolute Gasteiger partial charge is 0.348 e. The van der Waals surface area contributed by atoms with Gasteiger partial charge >= 0.3 is 5.97 Å². The van der Waals surface area contributed by atoms with Crippen LogP contribution in [0.4, 0.5) is 11.4 Å². The summed E-state index contributed by atoms with van der Waals surface area (Å²) in [6.45, 7) is 2.01. The Morgan fingerprint density at radius 3 is 2.57 bits per heavy atom. The average molecular weight is 444 g/mol. The lowest BCUT2D eigenvalue weighted by Gasteiger charge is -2.30. The summed E-state index contributed by atoms with van der Waals surface area (Å²) in [5, 5.41) is 10.9. The van der Waals surface area contributed by atoms with Gasteiger partial charge < -0.3 is 4.74 Å². The van der Waals surface area contributed by atoms with Gasteiger partial charge in [0, 0.05) is 22.6 Å². The van der Waals surface area contributed by atoms with Gasteiger partial charge in [0.1, 0.15) is 4.88 Å². The molecule has 0 spiro atoms. The third-order valence-electron chi connectivity index (χ3n) is 4.65. The van der Waals surface area contributed by atoms with Crippen LogP contribution in [0.2, 0.25) is 0 Å². The van der Waals surface area contributed by atoms with Crippen LogP contribution in [0.5, 0.6) is 0 Å². The summed E-state index contributed by atoms with van der Waals surface area (Å²) in [6, 6.07) is 13.5. The first-order chi connectivity index (χ1) is 14.3. The lowest BCUT2D eigenvalue weighted by atomic mass is 10.0. The fraction of sp³-hybridized carbons (Fsp3) is 0.150. The summed E-state index contributed by atoms with van der Waals surface area (Å²) in [5.74, 6) is -0.445. The Labute approximate surface area is 176 Å². The largest absolute Gasteiger partial charge is 0.462 e. The maximum atomic E-state index is 13.4. The fourth-order valence-electron chi connectivity index (χ4n) is 3.28. The second-order valence-electron chi connectivity index (χ2n) is 6.47. The summed E-state index contributed by atoms with van der Waals surface area (Å²) in [6.07, 6.45) is 0. The van der Waals surface area contributed by atoms with Gasteiger partial charge in [0.05, 0.1) is 28.7 Å². The molecule has 0 fully saturated rings. The van der Waals surface area contributed by atoms with Crippen molar-refractivity contribution in [1.29, 1.82) is 0 Å². The number of esters is 1. The Hall–Kier alpha value is -3.24. The van der Waals surface area contributed by atoms with Crippen LogP contribution in [-0.2, 0) is 21.3 Å². The number of nitrogens with zero attached hydrogens (tertiary/aromatic N) is 2. The Balaban J connectivity index is 1.79. The minimum absolute atomic E-state index is 0.0432. The average Bonchev–Trinajstić information content (AvgIpc) is 3.18. The molecule has 2 heterocycles. The Bertz CT molecular complexity index is 1250. The van der Waals surface area contributed by atoms with E-state index in [-0.39, 0.29) is 23.7 Å². The molecule has 0 radical (unpaired) electrons. The van der Waals surface area contributed by atoms with E-state index >= 15 is 0 Å². The number of nitro groups is 1. The van der Waals surface area contributed by atoms with E-state index in [2.05, 4.69) is 0 Å². The molecule has 30 heavy (non-hydrogen) atoms. The molecule has 0 unspecified atom stereocenters. The van der Waals surface area contributed by atoms with Crippen molar-refractivity contribution in [1.82, 2.24) is 0 Å². The normalized spacial score (nSPS) is 12.8. The minimum Gasteiger partial charge on any atom is -0.462 e. The summed E-state index contributed by atoms with van der Waals surface area (Å²) >= 11 is 1.27. The van der Waals surface area contributed by atoms with Gasteiger partial charge in [-0.05, 0) is 36.8 Å². The Morgan fingerprint density at radius 2 is 1.90 bits per heavy atom. The van der Waals surface area contributed by atoms with Gasteiger partial charge in [-0.3, -0.25) is 14.4 Å². The van der Waals surface area contributed by atoms with Crippen molar-refractivity contribution < 1.29 is 22.9 Å². The van der Waals surface area contributed by atoms with E-state index in [4.69, 9.17) is 4.74 Å². The number of carbonyl (C=O) groups is 1. The van der Waals surface area contributed by atoms with Crippen molar-refractivity contribution in [3.63, 3.8) is 0 Å². The standard InChI is InChI=1S/C20H16N2O6S2/c1-2-28-20(23)18-11-13-12-21(17-6-4-3-5-16(17)19(13)29-18)30(26,27)15-9-7-14(8-10-15)22(24)25/h3-11H,2,12H2,1H3. The summed E-state index contributed by atoms with van der Waals surface area (Å²) in [4.78, 5) is 23.6. The van der Waals surface area contributed by atoms with Gasteiger partial charge in [-0.2, -0.15) is 0 Å². The van der Waals surface area contributed by atoms with E-state index in [1.165, 1.54) is 27.8 Å². The molecule has 10 heteroatoms. The molecule has 0 saturated carbocycles. The first kappa shape index (κ1) is 20.0. The monoisotopic (exact) mass is 444 g/mol. The predicted octanol–water partition coefficient (Wildman–Crippen LogP) is 4.21. The van der Waals surface area contributed by atoms with E-state index in [0.29, 0.717) is 21.7 Å². The molecular formula is C20H16N2O6S2. The molecule has 1 aromatic heterocycles. The molecule has 1 aliphatic heterocycles. The summed E-state index contributed by atoms with van der Waals surface area (Å²) < 4.78 is 33.0. The number of benzene rings is 2. The number of nitro benzene ring substituents is 1. The topological polar surface area (TPSA) is 107 Å². The van der Waals surface area contributed by atoms with Gasteiger partial charge in [0.25, 0.3) is 15.7 Å². The first-order valence-corrected chi connectivity index (χ1v) is 11.2. The highest BCUT2D eigenvalue weighted by Gasteiger charge is 2.33. The van der Waals surface area contributed by atoms with E-state index < -0.39 is 20.9 Å². The molecule has 0 atom stereocenters. The lowest BCUT2D eigenvalue weighted by molar-refractivity contribution is -0.384. The summed E-state index contributed by atoms with van der Waals surface area (Å²) in [7, 11) is -3.98. The minimum atomic E-state index is -3.98. The molecule has 0 bridgehead atoms. The maximum absolute atomic E-state index is 13.4. The van der Waals surface area contributed by atoms with Crippen LogP contribution in [0.15, 0.2) is 59.5 Å². The molecule has 8 nitrogen and oxygen atoms in total. The number of non-ortho nitro benzene ring substituents is 1. The molecule has 154 valence electrons.